The molecule has 0 saturated carbocycles. The van der Waals surface area contributed by atoms with Crippen molar-refractivity contribution < 1.29 is 13.2 Å². The summed E-state index contributed by atoms with van der Waals surface area (Å²) in [6.45, 7) is 8.15. The third-order valence-corrected chi connectivity index (χ3v) is 4.05. The van der Waals surface area contributed by atoms with E-state index in [-0.39, 0.29) is 6.10 Å². The number of nitrogens with one attached hydrogen (secondary N) is 1. The Kier molecular flexibility index (Phi) is 6.49. The molecular formula is C15H25NO3S. The van der Waals surface area contributed by atoms with Gasteiger partial charge < -0.3 is 10.1 Å². The van der Waals surface area contributed by atoms with Crippen molar-refractivity contribution in [3.8, 4) is 5.75 Å². The molecule has 0 aromatic heterocycles. The van der Waals surface area contributed by atoms with Gasteiger partial charge >= 0.3 is 0 Å². The van der Waals surface area contributed by atoms with Gasteiger partial charge in [-0.05, 0) is 50.1 Å². The Labute approximate surface area is 122 Å². The van der Waals surface area contributed by atoms with Crippen molar-refractivity contribution in [3.05, 3.63) is 24.3 Å². The molecule has 1 atom stereocenters. The molecule has 114 valence electrons. The van der Waals surface area contributed by atoms with Crippen LogP contribution in [-0.4, -0.2) is 33.9 Å². The normalized spacial score (nSPS) is 13.4. The quantitative estimate of drug-likeness (QED) is 0.749. The highest BCUT2D eigenvalue weighted by Gasteiger charge is 2.08. The highest BCUT2D eigenvalue weighted by Crippen LogP contribution is 2.16. The largest absolute Gasteiger partial charge is 0.489 e. The maximum atomic E-state index is 11.3. The summed E-state index contributed by atoms with van der Waals surface area (Å²) in [5.74, 6) is 1.39. The smallest absolute Gasteiger partial charge is 0.175 e. The van der Waals surface area contributed by atoms with Crippen LogP contribution >= 0.6 is 0 Å². The Hall–Kier alpha value is -1.07. The van der Waals surface area contributed by atoms with Gasteiger partial charge in [0.25, 0.3) is 0 Å². The lowest BCUT2D eigenvalue weighted by Gasteiger charge is -2.16. The third-order valence-electron chi connectivity index (χ3n) is 2.92. The molecule has 0 bridgehead atoms. The fourth-order valence-electron chi connectivity index (χ4n) is 1.74. The van der Waals surface area contributed by atoms with Crippen molar-refractivity contribution >= 4 is 9.84 Å². The van der Waals surface area contributed by atoms with Gasteiger partial charge in [0.15, 0.2) is 9.84 Å². The molecule has 0 spiro atoms. The molecule has 4 nitrogen and oxygen atoms in total. The van der Waals surface area contributed by atoms with Crippen LogP contribution in [0.4, 0.5) is 0 Å². The lowest BCUT2D eigenvalue weighted by molar-refractivity contribution is 0.216. The van der Waals surface area contributed by atoms with Gasteiger partial charge in [-0.3, -0.25) is 0 Å². The molecule has 1 aromatic rings. The van der Waals surface area contributed by atoms with Crippen LogP contribution in [0.3, 0.4) is 0 Å². The second-order valence-electron chi connectivity index (χ2n) is 5.56. The van der Waals surface area contributed by atoms with Crippen LogP contribution < -0.4 is 10.1 Å². The van der Waals surface area contributed by atoms with Gasteiger partial charge in [-0.25, -0.2) is 8.42 Å². The van der Waals surface area contributed by atoms with Gasteiger partial charge in [-0.2, -0.15) is 0 Å². The number of hydrogen-bond donors (Lipinski definition) is 1. The molecule has 0 saturated heterocycles. The average Bonchev–Trinajstić information content (AvgIpc) is 2.34. The first-order chi connectivity index (χ1) is 9.29. The molecule has 0 heterocycles. The van der Waals surface area contributed by atoms with E-state index in [9.17, 15) is 8.42 Å². The number of sulfone groups is 1. The van der Waals surface area contributed by atoms with E-state index in [4.69, 9.17) is 4.74 Å². The van der Waals surface area contributed by atoms with Crippen LogP contribution in [0.15, 0.2) is 29.2 Å². The van der Waals surface area contributed by atoms with Gasteiger partial charge in [0.1, 0.15) is 11.9 Å². The minimum Gasteiger partial charge on any atom is -0.489 e. The highest BCUT2D eigenvalue weighted by atomic mass is 32.2. The van der Waals surface area contributed by atoms with E-state index < -0.39 is 9.84 Å². The summed E-state index contributed by atoms with van der Waals surface area (Å²) in [7, 11) is -3.14. The number of rotatable bonds is 8. The predicted octanol–water partition coefficient (Wildman–Crippen LogP) is 2.49. The summed E-state index contributed by atoms with van der Waals surface area (Å²) >= 11 is 0. The number of benzene rings is 1. The van der Waals surface area contributed by atoms with E-state index in [1.807, 2.05) is 6.92 Å². The zero-order chi connectivity index (χ0) is 15.2. The van der Waals surface area contributed by atoms with Crippen molar-refractivity contribution in [2.75, 3.05) is 19.3 Å². The van der Waals surface area contributed by atoms with Crippen LogP contribution in [0.1, 0.15) is 27.2 Å². The first-order valence-electron chi connectivity index (χ1n) is 6.96. The predicted molar refractivity (Wildman–Crippen MR) is 82.0 cm³/mol. The molecule has 0 aliphatic heterocycles. The number of ether oxygens (including phenoxy) is 1. The van der Waals surface area contributed by atoms with E-state index in [1.54, 1.807) is 24.3 Å². The monoisotopic (exact) mass is 299 g/mol. The Balaban J connectivity index is 2.40. The van der Waals surface area contributed by atoms with Crippen LogP contribution in [0.25, 0.3) is 0 Å². The molecule has 20 heavy (non-hydrogen) atoms. The summed E-state index contributed by atoms with van der Waals surface area (Å²) < 4.78 is 28.4. The summed E-state index contributed by atoms with van der Waals surface area (Å²) in [4.78, 5) is 0.313. The lowest BCUT2D eigenvalue weighted by Crippen LogP contribution is -2.30. The van der Waals surface area contributed by atoms with E-state index in [0.717, 1.165) is 19.5 Å². The van der Waals surface area contributed by atoms with Gasteiger partial charge in [0.05, 0.1) is 4.90 Å². The number of hydrogen-bond acceptors (Lipinski definition) is 4. The van der Waals surface area contributed by atoms with E-state index in [1.165, 1.54) is 6.26 Å². The molecule has 0 fully saturated rings. The Morgan fingerprint density at radius 2 is 1.75 bits per heavy atom. The zero-order valence-corrected chi connectivity index (χ0v) is 13.5. The van der Waals surface area contributed by atoms with Gasteiger partial charge in [0, 0.05) is 12.8 Å². The van der Waals surface area contributed by atoms with Crippen molar-refractivity contribution in [2.45, 2.75) is 38.2 Å². The highest BCUT2D eigenvalue weighted by molar-refractivity contribution is 7.90. The van der Waals surface area contributed by atoms with Crippen molar-refractivity contribution in [2.24, 2.45) is 5.92 Å². The molecule has 0 radical (unpaired) electrons. The molecule has 1 rings (SSSR count). The van der Waals surface area contributed by atoms with Crippen molar-refractivity contribution in [1.29, 1.82) is 0 Å². The Morgan fingerprint density at radius 3 is 2.25 bits per heavy atom. The minimum atomic E-state index is -3.14. The first kappa shape index (κ1) is 17.0. The Morgan fingerprint density at radius 1 is 1.15 bits per heavy atom. The molecule has 1 N–H and O–H groups in total. The second-order valence-corrected chi connectivity index (χ2v) is 7.57. The maximum Gasteiger partial charge on any atom is 0.175 e. The second kappa shape index (κ2) is 7.64. The molecular weight excluding hydrogens is 274 g/mol. The van der Waals surface area contributed by atoms with Crippen LogP contribution in [0, 0.1) is 5.92 Å². The van der Waals surface area contributed by atoms with Crippen molar-refractivity contribution in [1.82, 2.24) is 5.32 Å². The lowest BCUT2D eigenvalue weighted by atomic mass is 10.1. The molecule has 0 aliphatic carbocycles. The van der Waals surface area contributed by atoms with Gasteiger partial charge in [0.2, 0.25) is 0 Å². The zero-order valence-electron chi connectivity index (χ0n) is 12.7. The van der Waals surface area contributed by atoms with Crippen LogP contribution in [-0.2, 0) is 9.84 Å². The Bertz CT molecular complexity index is 494. The molecule has 1 unspecified atom stereocenters. The van der Waals surface area contributed by atoms with Crippen molar-refractivity contribution in [3.63, 3.8) is 0 Å². The van der Waals surface area contributed by atoms with Gasteiger partial charge in [-0.15, -0.1) is 0 Å². The summed E-state index contributed by atoms with van der Waals surface area (Å²) in [6, 6.07) is 6.54. The maximum absolute atomic E-state index is 11.3. The minimum absolute atomic E-state index is 0.0474. The van der Waals surface area contributed by atoms with E-state index >= 15 is 0 Å². The molecule has 1 aromatic carbocycles. The van der Waals surface area contributed by atoms with Crippen LogP contribution in [0.5, 0.6) is 5.75 Å². The summed E-state index contributed by atoms with van der Waals surface area (Å²) in [5, 5.41) is 3.35. The fourth-order valence-corrected chi connectivity index (χ4v) is 2.37. The van der Waals surface area contributed by atoms with Gasteiger partial charge in [-0.1, -0.05) is 13.8 Å². The first-order valence-corrected chi connectivity index (χ1v) is 8.85. The SMILES string of the molecule is CC(C)CCNCC(C)Oc1ccc(S(C)(=O)=O)cc1. The third kappa shape index (κ3) is 6.39. The molecule has 0 aliphatic rings. The topological polar surface area (TPSA) is 55.4 Å². The molecule has 5 heteroatoms. The fraction of sp³-hybridized carbons (Fsp3) is 0.600. The summed E-state index contributed by atoms with van der Waals surface area (Å²) in [6.07, 6.45) is 2.39. The van der Waals surface area contributed by atoms with E-state index in [0.29, 0.717) is 16.6 Å². The van der Waals surface area contributed by atoms with E-state index in [2.05, 4.69) is 19.2 Å². The average molecular weight is 299 g/mol. The summed E-state index contributed by atoms with van der Waals surface area (Å²) in [5.41, 5.74) is 0. The standard InChI is InChI=1S/C15H25NO3S/c1-12(2)9-10-16-11-13(3)19-14-5-7-15(8-6-14)20(4,17)18/h5-8,12-13,16H,9-11H2,1-4H3. The molecule has 0 amide bonds. The van der Waals surface area contributed by atoms with Crippen LogP contribution in [0.2, 0.25) is 0 Å².